The molecule has 0 saturated carbocycles. The van der Waals surface area contributed by atoms with E-state index in [4.69, 9.17) is 0 Å². The average Bonchev–Trinajstić information content (AvgIpc) is 2.93. The van der Waals surface area contributed by atoms with Crippen LogP contribution in [0.4, 0.5) is 0 Å². The Kier molecular flexibility index (Phi) is 4.25. The van der Waals surface area contributed by atoms with Crippen LogP contribution in [0.25, 0.3) is 0 Å². The summed E-state index contributed by atoms with van der Waals surface area (Å²) in [6.07, 6.45) is 3.29. The van der Waals surface area contributed by atoms with E-state index in [0.29, 0.717) is 18.0 Å². The van der Waals surface area contributed by atoms with Crippen LogP contribution in [0, 0.1) is 20.8 Å². The molecule has 1 aromatic heterocycles. The zero-order chi connectivity index (χ0) is 16.6. The molecular formula is C16H22N4O2S. The van der Waals surface area contributed by atoms with Gasteiger partial charge in [-0.25, -0.2) is 8.42 Å². The summed E-state index contributed by atoms with van der Waals surface area (Å²) in [5.74, 6) is 0.876. The highest BCUT2D eigenvalue weighted by molar-refractivity contribution is 7.89. The van der Waals surface area contributed by atoms with Gasteiger partial charge in [0.2, 0.25) is 10.0 Å². The second kappa shape index (κ2) is 6.05. The molecule has 1 aliphatic rings. The first-order valence-corrected chi connectivity index (χ1v) is 9.27. The van der Waals surface area contributed by atoms with Crippen molar-refractivity contribution in [3.63, 3.8) is 0 Å². The van der Waals surface area contributed by atoms with Gasteiger partial charge in [0.1, 0.15) is 12.2 Å². The largest absolute Gasteiger partial charge is 0.315 e. The van der Waals surface area contributed by atoms with Crippen LogP contribution in [-0.2, 0) is 10.0 Å². The minimum atomic E-state index is -3.42. The van der Waals surface area contributed by atoms with Gasteiger partial charge in [0.05, 0.1) is 4.90 Å². The SMILES string of the molecule is Cc1ccc(S(=O)(=O)N2CCC(n3cnnc3C)CC2)c(C)c1. The van der Waals surface area contributed by atoms with Crippen LogP contribution < -0.4 is 0 Å². The van der Waals surface area contributed by atoms with Crippen LogP contribution in [0.2, 0.25) is 0 Å². The molecule has 1 fully saturated rings. The molecule has 0 spiro atoms. The molecule has 0 radical (unpaired) electrons. The van der Waals surface area contributed by atoms with E-state index in [2.05, 4.69) is 10.2 Å². The molecule has 0 aliphatic carbocycles. The van der Waals surface area contributed by atoms with Crippen LogP contribution in [0.1, 0.15) is 35.8 Å². The molecule has 1 aromatic carbocycles. The predicted octanol–water partition coefficient (Wildman–Crippen LogP) is 2.23. The van der Waals surface area contributed by atoms with E-state index in [9.17, 15) is 8.42 Å². The molecule has 0 amide bonds. The van der Waals surface area contributed by atoms with Gasteiger partial charge in [0.25, 0.3) is 0 Å². The Morgan fingerprint density at radius 3 is 2.39 bits per heavy atom. The van der Waals surface area contributed by atoms with Crippen molar-refractivity contribution in [3.8, 4) is 0 Å². The van der Waals surface area contributed by atoms with Gasteiger partial charge in [-0.05, 0) is 45.2 Å². The normalized spacial score (nSPS) is 17.5. The van der Waals surface area contributed by atoms with Gasteiger partial charge < -0.3 is 4.57 Å². The van der Waals surface area contributed by atoms with Gasteiger partial charge in [0, 0.05) is 19.1 Å². The number of hydrogen-bond donors (Lipinski definition) is 0. The molecule has 0 unspecified atom stereocenters. The van der Waals surface area contributed by atoms with Gasteiger partial charge in [-0.2, -0.15) is 4.31 Å². The lowest BCUT2D eigenvalue weighted by Gasteiger charge is -2.32. The summed E-state index contributed by atoms with van der Waals surface area (Å²) in [5.41, 5.74) is 1.88. The standard InChI is InChI=1S/C16H22N4O2S/c1-12-4-5-16(13(2)10-12)23(21,22)19-8-6-15(7-9-19)20-11-17-18-14(20)3/h4-5,10-11,15H,6-9H2,1-3H3. The van der Waals surface area contributed by atoms with Crippen molar-refractivity contribution < 1.29 is 8.42 Å². The maximum absolute atomic E-state index is 12.9. The van der Waals surface area contributed by atoms with Gasteiger partial charge in [-0.1, -0.05) is 17.7 Å². The summed E-state index contributed by atoms with van der Waals surface area (Å²) >= 11 is 0. The van der Waals surface area contributed by atoms with Crippen molar-refractivity contribution in [1.29, 1.82) is 0 Å². The Labute approximate surface area is 137 Å². The molecule has 1 saturated heterocycles. The van der Waals surface area contributed by atoms with Crippen LogP contribution in [0.15, 0.2) is 29.4 Å². The van der Waals surface area contributed by atoms with E-state index in [1.807, 2.05) is 37.5 Å². The highest BCUT2D eigenvalue weighted by Gasteiger charge is 2.31. The third-order valence-corrected chi connectivity index (χ3v) is 6.58. The van der Waals surface area contributed by atoms with Crippen molar-refractivity contribution in [2.75, 3.05) is 13.1 Å². The van der Waals surface area contributed by atoms with Crippen molar-refractivity contribution in [2.24, 2.45) is 0 Å². The van der Waals surface area contributed by atoms with Crippen molar-refractivity contribution in [3.05, 3.63) is 41.5 Å². The molecule has 7 heteroatoms. The van der Waals surface area contributed by atoms with Gasteiger partial charge in [-0.15, -0.1) is 10.2 Å². The number of aromatic nitrogens is 3. The second-order valence-electron chi connectivity index (χ2n) is 6.19. The minimum Gasteiger partial charge on any atom is -0.315 e. The number of benzene rings is 1. The summed E-state index contributed by atoms with van der Waals surface area (Å²) in [4.78, 5) is 0.419. The molecular weight excluding hydrogens is 312 g/mol. The fraction of sp³-hybridized carbons (Fsp3) is 0.500. The Balaban J connectivity index is 1.77. The maximum Gasteiger partial charge on any atom is 0.243 e. The average molecular weight is 334 g/mol. The Bertz CT molecular complexity index is 805. The third kappa shape index (κ3) is 3.03. The first kappa shape index (κ1) is 16.1. The fourth-order valence-corrected chi connectivity index (χ4v) is 4.92. The molecule has 1 aliphatic heterocycles. The molecule has 124 valence electrons. The number of sulfonamides is 1. The third-order valence-electron chi connectivity index (χ3n) is 4.52. The summed E-state index contributed by atoms with van der Waals surface area (Å²) in [7, 11) is -3.42. The molecule has 0 N–H and O–H groups in total. The van der Waals surface area contributed by atoms with E-state index >= 15 is 0 Å². The number of piperidine rings is 1. The molecule has 3 rings (SSSR count). The summed E-state index contributed by atoms with van der Waals surface area (Å²) < 4.78 is 29.4. The summed E-state index contributed by atoms with van der Waals surface area (Å²) in [6.45, 7) is 6.80. The van der Waals surface area contributed by atoms with Crippen LogP contribution >= 0.6 is 0 Å². The fourth-order valence-electron chi connectivity index (χ4n) is 3.25. The lowest BCUT2D eigenvalue weighted by atomic mass is 10.1. The zero-order valence-corrected chi connectivity index (χ0v) is 14.5. The quantitative estimate of drug-likeness (QED) is 0.863. The van der Waals surface area contributed by atoms with Crippen molar-refractivity contribution in [2.45, 2.75) is 44.6 Å². The zero-order valence-electron chi connectivity index (χ0n) is 13.7. The maximum atomic E-state index is 12.9. The predicted molar refractivity (Wildman–Crippen MR) is 87.7 cm³/mol. The van der Waals surface area contributed by atoms with E-state index < -0.39 is 10.0 Å². The monoisotopic (exact) mass is 334 g/mol. The second-order valence-corrected chi connectivity index (χ2v) is 8.10. The smallest absolute Gasteiger partial charge is 0.243 e. The topological polar surface area (TPSA) is 68.1 Å². The summed E-state index contributed by atoms with van der Waals surface area (Å²) in [6, 6.07) is 5.76. The van der Waals surface area contributed by atoms with Gasteiger partial charge >= 0.3 is 0 Å². The molecule has 0 atom stereocenters. The number of hydrogen-bond acceptors (Lipinski definition) is 4. The van der Waals surface area contributed by atoms with E-state index in [1.165, 1.54) is 0 Å². The first-order valence-electron chi connectivity index (χ1n) is 7.83. The molecule has 2 heterocycles. The number of rotatable bonds is 3. The first-order chi connectivity index (χ1) is 10.9. The molecule has 23 heavy (non-hydrogen) atoms. The van der Waals surface area contributed by atoms with Crippen molar-refractivity contribution >= 4 is 10.0 Å². The molecule has 0 bridgehead atoms. The van der Waals surface area contributed by atoms with Crippen LogP contribution in [-0.4, -0.2) is 40.6 Å². The van der Waals surface area contributed by atoms with Crippen LogP contribution in [0.3, 0.4) is 0 Å². The Morgan fingerprint density at radius 1 is 1.13 bits per heavy atom. The van der Waals surface area contributed by atoms with Gasteiger partial charge in [-0.3, -0.25) is 0 Å². The minimum absolute atomic E-state index is 0.274. The molecule has 6 nitrogen and oxygen atoms in total. The van der Waals surface area contributed by atoms with Gasteiger partial charge in [0.15, 0.2) is 0 Å². The lowest BCUT2D eigenvalue weighted by Crippen LogP contribution is -2.39. The summed E-state index contributed by atoms with van der Waals surface area (Å²) in [5, 5.41) is 7.92. The number of aryl methyl sites for hydroxylation is 3. The number of nitrogens with zero attached hydrogens (tertiary/aromatic N) is 4. The van der Waals surface area contributed by atoms with Crippen LogP contribution in [0.5, 0.6) is 0 Å². The Hall–Kier alpha value is -1.73. The highest BCUT2D eigenvalue weighted by Crippen LogP contribution is 2.28. The van der Waals surface area contributed by atoms with E-state index in [0.717, 1.165) is 29.8 Å². The highest BCUT2D eigenvalue weighted by atomic mass is 32.2. The van der Waals surface area contributed by atoms with E-state index in [-0.39, 0.29) is 6.04 Å². The van der Waals surface area contributed by atoms with E-state index in [1.54, 1.807) is 16.7 Å². The Morgan fingerprint density at radius 2 is 1.83 bits per heavy atom. The lowest BCUT2D eigenvalue weighted by molar-refractivity contribution is 0.271. The molecule has 2 aromatic rings. The van der Waals surface area contributed by atoms with Crippen molar-refractivity contribution in [1.82, 2.24) is 19.1 Å².